The number of nitrogens with one attached hydrogen (secondary N) is 1. The molecule has 3 amide bonds. The lowest BCUT2D eigenvalue weighted by Crippen LogP contribution is -2.86. The number of rotatable bonds is 3. The maximum Gasteiger partial charge on any atom is 0.246 e. The van der Waals surface area contributed by atoms with Gasteiger partial charge >= 0.3 is 0 Å². The van der Waals surface area contributed by atoms with Crippen LogP contribution in [-0.4, -0.2) is 72.3 Å². The van der Waals surface area contributed by atoms with Crippen molar-refractivity contribution in [2.45, 2.75) is 31.3 Å². The van der Waals surface area contributed by atoms with Gasteiger partial charge in [-0.2, -0.15) is 0 Å². The number of halogens is 1. The summed E-state index contributed by atoms with van der Waals surface area (Å²) in [6.45, 7) is 3.03. The Bertz CT molecular complexity index is 763. The number of piperazine rings is 2. The first-order valence-corrected chi connectivity index (χ1v) is 9.98. The van der Waals surface area contributed by atoms with Crippen LogP contribution in [0.25, 0.3) is 0 Å². The predicted molar refractivity (Wildman–Crippen MR) is 98.5 cm³/mol. The molecule has 3 N–H and O–H groups in total. The highest BCUT2D eigenvalue weighted by molar-refractivity contribution is 5.98. The molecule has 2 atom stereocenters. The molecule has 0 unspecified atom stereocenters. The zero-order valence-electron chi connectivity index (χ0n) is 15.8. The molecule has 0 bridgehead atoms. The van der Waals surface area contributed by atoms with E-state index in [1.54, 1.807) is 21.9 Å². The number of amides is 3. The molecular formula is C20H26FN4O3+. The van der Waals surface area contributed by atoms with Gasteiger partial charge in [0.15, 0.2) is 0 Å². The quantitative estimate of drug-likeness (QED) is 0.687. The Labute approximate surface area is 163 Å². The summed E-state index contributed by atoms with van der Waals surface area (Å²) in [5.74, 6) is -0.541. The molecule has 0 radical (unpaired) electrons. The number of piperidine rings is 1. The topological polar surface area (TPSA) is 86.3 Å². The SMILES string of the molecule is O=C1N[C@@H](Cc2ccc(F)cc2)C(=O)N2CCN(C(=O)C3CC[NH2+]CC3)C[C@H]12. The second-order valence-electron chi connectivity index (χ2n) is 7.86. The molecule has 28 heavy (non-hydrogen) atoms. The minimum atomic E-state index is -0.648. The van der Waals surface area contributed by atoms with Gasteiger partial charge in [0.25, 0.3) is 0 Å². The van der Waals surface area contributed by atoms with Gasteiger partial charge in [0.2, 0.25) is 17.7 Å². The molecule has 0 aliphatic carbocycles. The van der Waals surface area contributed by atoms with Crippen molar-refractivity contribution in [3.63, 3.8) is 0 Å². The molecule has 4 rings (SSSR count). The molecule has 0 aromatic heterocycles. The highest BCUT2D eigenvalue weighted by Gasteiger charge is 2.44. The Morgan fingerprint density at radius 2 is 1.86 bits per heavy atom. The normalized spacial score (nSPS) is 26.0. The van der Waals surface area contributed by atoms with Gasteiger partial charge in [-0.1, -0.05) is 12.1 Å². The van der Waals surface area contributed by atoms with Crippen LogP contribution in [0.3, 0.4) is 0 Å². The summed E-state index contributed by atoms with van der Waals surface area (Å²) in [5, 5.41) is 5.02. The van der Waals surface area contributed by atoms with Crippen LogP contribution in [0, 0.1) is 11.7 Å². The van der Waals surface area contributed by atoms with Gasteiger partial charge in [0, 0.05) is 38.3 Å². The molecule has 3 fully saturated rings. The fourth-order valence-corrected chi connectivity index (χ4v) is 4.43. The molecule has 8 heteroatoms. The minimum absolute atomic E-state index is 0.0325. The van der Waals surface area contributed by atoms with Crippen LogP contribution in [0.5, 0.6) is 0 Å². The van der Waals surface area contributed by atoms with Gasteiger partial charge in [-0.05, 0) is 17.7 Å². The van der Waals surface area contributed by atoms with Crippen molar-refractivity contribution < 1.29 is 24.1 Å². The van der Waals surface area contributed by atoms with E-state index in [0.29, 0.717) is 19.5 Å². The summed E-state index contributed by atoms with van der Waals surface area (Å²) in [6.07, 6.45) is 2.07. The first-order valence-electron chi connectivity index (χ1n) is 9.98. The molecule has 3 aliphatic rings. The first kappa shape index (κ1) is 18.9. The van der Waals surface area contributed by atoms with Crippen molar-refractivity contribution in [1.82, 2.24) is 15.1 Å². The van der Waals surface area contributed by atoms with Gasteiger partial charge in [-0.3, -0.25) is 14.4 Å². The lowest BCUT2D eigenvalue weighted by molar-refractivity contribution is -0.664. The van der Waals surface area contributed by atoms with Crippen LogP contribution in [-0.2, 0) is 20.8 Å². The number of hydrogen-bond donors (Lipinski definition) is 2. The van der Waals surface area contributed by atoms with Gasteiger partial charge in [-0.25, -0.2) is 4.39 Å². The number of carbonyl (C=O) groups excluding carboxylic acids is 3. The largest absolute Gasteiger partial charge is 0.346 e. The molecule has 0 saturated carbocycles. The maximum atomic E-state index is 13.1. The van der Waals surface area contributed by atoms with E-state index >= 15 is 0 Å². The van der Waals surface area contributed by atoms with Crippen LogP contribution in [0.15, 0.2) is 24.3 Å². The smallest absolute Gasteiger partial charge is 0.246 e. The standard InChI is InChI=1S/C20H25FN4O3/c21-15-3-1-13(2-4-15)11-16-20(28)25-10-9-24(12-17(25)18(26)23-16)19(27)14-5-7-22-8-6-14/h1-4,14,16-17,22H,5-12H2,(H,23,26)/p+1/t16-,17+/m0/s1. The van der Waals surface area contributed by atoms with Crippen LogP contribution in [0.2, 0.25) is 0 Å². The second-order valence-corrected chi connectivity index (χ2v) is 7.86. The zero-order chi connectivity index (χ0) is 19.7. The summed E-state index contributed by atoms with van der Waals surface area (Å²) < 4.78 is 13.1. The molecule has 3 heterocycles. The van der Waals surface area contributed by atoms with E-state index in [0.717, 1.165) is 31.5 Å². The van der Waals surface area contributed by atoms with Gasteiger partial charge in [-0.15, -0.1) is 0 Å². The van der Waals surface area contributed by atoms with Gasteiger partial charge in [0.05, 0.1) is 19.6 Å². The predicted octanol–water partition coefficient (Wildman–Crippen LogP) is -1.12. The van der Waals surface area contributed by atoms with E-state index in [2.05, 4.69) is 10.6 Å². The average Bonchev–Trinajstić information content (AvgIpc) is 2.73. The van der Waals surface area contributed by atoms with E-state index in [1.807, 2.05) is 0 Å². The monoisotopic (exact) mass is 389 g/mol. The lowest BCUT2D eigenvalue weighted by Gasteiger charge is -2.46. The van der Waals surface area contributed by atoms with E-state index in [4.69, 9.17) is 0 Å². The number of nitrogens with two attached hydrogens (primary N) is 1. The number of benzene rings is 1. The number of fused-ring (bicyclic) bond motifs is 1. The molecule has 1 aromatic carbocycles. The third-order valence-corrected chi connectivity index (χ3v) is 6.03. The summed E-state index contributed by atoms with van der Waals surface area (Å²) in [7, 11) is 0. The van der Waals surface area contributed by atoms with Crippen LogP contribution in [0.1, 0.15) is 18.4 Å². The average molecular weight is 389 g/mol. The Balaban J connectivity index is 1.41. The van der Waals surface area contributed by atoms with E-state index in [1.165, 1.54) is 12.1 Å². The summed E-state index contributed by atoms with van der Waals surface area (Å²) >= 11 is 0. The van der Waals surface area contributed by atoms with Gasteiger partial charge < -0.3 is 20.4 Å². The number of nitrogens with zero attached hydrogens (tertiary/aromatic N) is 2. The molecule has 150 valence electrons. The van der Waals surface area contributed by atoms with Crippen LogP contribution >= 0.6 is 0 Å². The second kappa shape index (κ2) is 7.87. The third-order valence-electron chi connectivity index (χ3n) is 6.03. The Hall–Kier alpha value is -2.48. The van der Waals surface area contributed by atoms with Crippen molar-refractivity contribution in [2.24, 2.45) is 5.92 Å². The fourth-order valence-electron chi connectivity index (χ4n) is 4.43. The van der Waals surface area contributed by atoms with Crippen molar-refractivity contribution >= 4 is 17.7 Å². The summed E-state index contributed by atoms with van der Waals surface area (Å²) in [5.41, 5.74) is 0.793. The summed E-state index contributed by atoms with van der Waals surface area (Å²) in [6, 6.07) is 4.68. The van der Waals surface area contributed by atoms with Crippen LogP contribution < -0.4 is 10.6 Å². The highest BCUT2D eigenvalue weighted by Crippen LogP contribution is 2.21. The van der Waals surface area contributed by atoms with Crippen molar-refractivity contribution in [3.05, 3.63) is 35.6 Å². The third kappa shape index (κ3) is 3.73. The fraction of sp³-hybridized carbons (Fsp3) is 0.550. The van der Waals surface area contributed by atoms with Crippen molar-refractivity contribution in [1.29, 1.82) is 0 Å². The minimum Gasteiger partial charge on any atom is -0.346 e. The molecule has 7 nitrogen and oxygen atoms in total. The van der Waals surface area contributed by atoms with E-state index in [9.17, 15) is 18.8 Å². The molecule has 0 spiro atoms. The zero-order valence-corrected chi connectivity index (χ0v) is 15.8. The molecule has 3 aliphatic heterocycles. The van der Waals surface area contributed by atoms with Crippen LogP contribution in [0.4, 0.5) is 4.39 Å². The Kier molecular flexibility index (Phi) is 5.30. The number of quaternary nitrogens is 1. The Morgan fingerprint density at radius 1 is 1.14 bits per heavy atom. The van der Waals surface area contributed by atoms with Gasteiger partial charge in [0.1, 0.15) is 17.9 Å². The van der Waals surface area contributed by atoms with E-state index in [-0.39, 0.29) is 36.0 Å². The molecular weight excluding hydrogens is 363 g/mol. The highest BCUT2D eigenvalue weighted by atomic mass is 19.1. The Morgan fingerprint density at radius 3 is 2.57 bits per heavy atom. The number of carbonyl (C=O) groups is 3. The molecule has 3 saturated heterocycles. The lowest BCUT2D eigenvalue weighted by atomic mass is 9.94. The molecule has 1 aromatic rings. The van der Waals surface area contributed by atoms with Crippen molar-refractivity contribution in [3.8, 4) is 0 Å². The number of hydrogen-bond acceptors (Lipinski definition) is 3. The maximum absolute atomic E-state index is 13.1. The van der Waals surface area contributed by atoms with Crippen molar-refractivity contribution in [2.75, 3.05) is 32.7 Å². The van der Waals surface area contributed by atoms with E-state index < -0.39 is 12.1 Å². The first-order chi connectivity index (χ1) is 13.5. The summed E-state index contributed by atoms with van der Waals surface area (Å²) in [4.78, 5) is 41.7.